The maximum atomic E-state index is 12.4. The summed E-state index contributed by atoms with van der Waals surface area (Å²) in [6, 6.07) is 17.9. The molecule has 1 heterocycles. The van der Waals surface area contributed by atoms with E-state index in [-0.39, 0.29) is 12.1 Å². The van der Waals surface area contributed by atoms with Crippen LogP contribution in [0.3, 0.4) is 0 Å². The Bertz CT molecular complexity index is 648. The number of carbonyl (C=O) groups excluding carboxylic acids is 1. The Labute approximate surface area is 143 Å². The van der Waals surface area contributed by atoms with Crippen molar-refractivity contribution in [2.24, 2.45) is 0 Å². The number of nitrogens with one attached hydrogen (secondary N) is 2. The third kappa shape index (κ3) is 4.59. The minimum absolute atomic E-state index is 0.00486. The second kappa shape index (κ2) is 7.97. The van der Waals surface area contributed by atoms with E-state index in [1.165, 1.54) is 18.4 Å². The summed E-state index contributed by atoms with van der Waals surface area (Å²) in [6.07, 6.45) is 2.49. The predicted octanol–water partition coefficient (Wildman–Crippen LogP) is 3.95. The van der Waals surface area contributed by atoms with Crippen LogP contribution in [0.15, 0.2) is 54.6 Å². The summed E-state index contributed by atoms with van der Waals surface area (Å²) in [7, 11) is 0. The highest BCUT2D eigenvalue weighted by molar-refractivity contribution is 5.89. The number of carbonyl (C=O) groups is 1. The molecule has 1 aliphatic heterocycles. The van der Waals surface area contributed by atoms with Crippen molar-refractivity contribution in [3.05, 3.63) is 65.7 Å². The van der Waals surface area contributed by atoms with Crippen molar-refractivity contribution in [1.29, 1.82) is 0 Å². The topological polar surface area (TPSA) is 44.4 Å². The third-order valence-corrected chi connectivity index (χ3v) is 4.46. The Hall–Kier alpha value is -2.33. The Balaban J connectivity index is 1.66. The second-order valence-electron chi connectivity index (χ2n) is 6.44. The van der Waals surface area contributed by atoms with Gasteiger partial charge in [0.15, 0.2) is 0 Å². The lowest BCUT2D eigenvalue weighted by atomic mass is 10.1. The number of hydrogen-bond acceptors (Lipinski definition) is 2. The predicted molar refractivity (Wildman–Crippen MR) is 98.2 cm³/mol. The van der Waals surface area contributed by atoms with Crippen LogP contribution in [-0.4, -0.2) is 30.6 Å². The number of anilines is 1. The number of likely N-dealkylation sites (tertiary alicyclic amines) is 1. The highest BCUT2D eigenvalue weighted by Gasteiger charge is 2.20. The Morgan fingerprint density at radius 1 is 1.04 bits per heavy atom. The molecule has 0 aliphatic carbocycles. The third-order valence-electron chi connectivity index (χ3n) is 4.46. The highest BCUT2D eigenvalue weighted by Crippen LogP contribution is 2.18. The smallest absolute Gasteiger partial charge is 0.319 e. The molecule has 1 fully saturated rings. The Morgan fingerprint density at radius 2 is 1.71 bits per heavy atom. The van der Waals surface area contributed by atoms with E-state index in [1.54, 1.807) is 0 Å². The first-order chi connectivity index (χ1) is 11.7. The average molecular weight is 323 g/mol. The van der Waals surface area contributed by atoms with Gasteiger partial charge in [-0.2, -0.15) is 0 Å². The van der Waals surface area contributed by atoms with Gasteiger partial charge in [0.05, 0.1) is 6.04 Å². The molecule has 1 aliphatic rings. The van der Waals surface area contributed by atoms with Crippen LogP contribution in [0.2, 0.25) is 0 Å². The van der Waals surface area contributed by atoms with Crippen molar-refractivity contribution in [2.75, 3.05) is 25.0 Å². The fraction of sp³-hybridized carbons (Fsp3) is 0.350. The van der Waals surface area contributed by atoms with Gasteiger partial charge in [-0.1, -0.05) is 48.0 Å². The van der Waals surface area contributed by atoms with E-state index in [0.29, 0.717) is 0 Å². The van der Waals surface area contributed by atoms with Gasteiger partial charge < -0.3 is 15.5 Å². The molecule has 2 N–H and O–H groups in total. The molecule has 3 rings (SSSR count). The molecule has 2 amide bonds. The molecular weight excluding hydrogens is 298 g/mol. The van der Waals surface area contributed by atoms with E-state index < -0.39 is 0 Å². The zero-order valence-corrected chi connectivity index (χ0v) is 14.2. The number of hydrogen-bond donors (Lipinski definition) is 2. The van der Waals surface area contributed by atoms with E-state index in [1.807, 2.05) is 49.4 Å². The SMILES string of the molecule is Cc1ccc(NC(=O)N[C@@H](CN2CCCC2)c2ccccc2)cc1. The number of amides is 2. The van der Waals surface area contributed by atoms with Gasteiger partial charge in [0.2, 0.25) is 0 Å². The summed E-state index contributed by atoms with van der Waals surface area (Å²) < 4.78 is 0. The molecule has 0 saturated carbocycles. The van der Waals surface area contributed by atoms with Crippen LogP contribution in [0, 0.1) is 6.92 Å². The van der Waals surface area contributed by atoms with Crippen molar-refractivity contribution < 1.29 is 4.79 Å². The van der Waals surface area contributed by atoms with Crippen LogP contribution in [0.25, 0.3) is 0 Å². The summed E-state index contributed by atoms with van der Waals surface area (Å²) in [4.78, 5) is 14.8. The van der Waals surface area contributed by atoms with Gasteiger partial charge in [0.1, 0.15) is 0 Å². The standard InChI is InChI=1S/C20H25N3O/c1-16-9-11-18(12-10-16)21-20(24)22-19(15-23-13-5-6-14-23)17-7-3-2-4-8-17/h2-4,7-12,19H,5-6,13-15H2,1H3,(H2,21,22,24)/t19-/m0/s1. The molecule has 1 atom stereocenters. The molecule has 126 valence electrons. The summed E-state index contributed by atoms with van der Waals surface area (Å²) >= 11 is 0. The van der Waals surface area contributed by atoms with E-state index >= 15 is 0 Å². The minimum atomic E-state index is -0.160. The second-order valence-corrected chi connectivity index (χ2v) is 6.44. The van der Waals surface area contributed by atoms with Crippen molar-refractivity contribution in [2.45, 2.75) is 25.8 Å². The molecule has 0 bridgehead atoms. The molecule has 4 heteroatoms. The molecule has 0 spiro atoms. The fourth-order valence-corrected chi connectivity index (χ4v) is 3.11. The zero-order valence-electron chi connectivity index (χ0n) is 14.2. The number of urea groups is 1. The largest absolute Gasteiger partial charge is 0.330 e. The number of rotatable bonds is 5. The quantitative estimate of drug-likeness (QED) is 0.875. The van der Waals surface area contributed by atoms with E-state index in [4.69, 9.17) is 0 Å². The fourth-order valence-electron chi connectivity index (χ4n) is 3.11. The van der Waals surface area contributed by atoms with Gasteiger partial charge in [0.25, 0.3) is 0 Å². The van der Waals surface area contributed by atoms with Crippen LogP contribution in [0.5, 0.6) is 0 Å². The molecule has 1 saturated heterocycles. The number of nitrogens with zero attached hydrogens (tertiary/aromatic N) is 1. The van der Waals surface area contributed by atoms with Crippen molar-refractivity contribution in [3.63, 3.8) is 0 Å². The van der Waals surface area contributed by atoms with Crippen molar-refractivity contribution >= 4 is 11.7 Å². The van der Waals surface area contributed by atoms with Crippen LogP contribution >= 0.6 is 0 Å². The van der Waals surface area contributed by atoms with Gasteiger partial charge in [-0.15, -0.1) is 0 Å². The Kier molecular flexibility index (Phi) is 5.49. The van der Waals surface area contributed by atoms with Crippen molar-refractivity contribution in [1.82, 2.24) is 10.2 Å². The molecule has 0 aromatic heterocycles. The van der Waals surface area contributed by atoms with Gasteiger partial charge in [-0.05, 0) is 50.6 Å². The maximum Gasteiger partial charge on any atom is 0.319 e. The first kappa shape index (κ1) is 16.5. The molecule has 0 unspecified atom stereocenters. The lowest BCUT2D eigenvalue weighted by Crippen LogP contribution is -2.39. The minimum Gasteiger partial charge on any atom is -0.330 e. The van der Waals surface area contributed by atoms with Crippen LogP contribution in [0.4, 0.5) is 10.5 Å². The first-order valence-corrected chi connectivity index (χ1v) is 8.62. The van der Waals surface area contributed by atoms with E-state index in [2.05, 4.69) is 27.7 Å². The lowest BCUT2D eigenvalue weighted by molar-refractivity contribution is 0.240. The molecule has 2 aromatic rings. The monoisotopic (exact) mass is 323 g/mol. The lowest BCUT2D eigenvalue weighted by Gasteiger charge is -2.25. The van der Waals surface area contributed by atoms with Gasteiger partial charge in [-0.25, -0.2) is 4.79 Å². The van der Waals surface area contributed by atoms with Crippen LogP contribution < -0.4 is 10.6 Å². The molecule has 4 nitrogen and oxygen atoms in total. The Morgan fingerprint density at radius 3 is 2.38 bits per heavy atom. The van der Waals surface area contributed by atoms with E-state index in [9.17, 15) is 4.79 Å². The first-order valence-electron chi connectivity index (χ1n) is 8.62. The maximum absolute atomic E-state index is 12.4. The van der Waals surface area contributed by atoms with Crippen LogP contribution in [-0.2, 0) is 0 Å². The summed E-state index contributed by atoms with van der Waals surface area (Å²) in [6.45, 7) is 5.12. The van der Waals surface area contributed by atoms with E-state index in [0.717, 1.165) is 30.9 Å². The highest BCUT2D eigenvalue weighted by atomic mass is 16.2. The summed E-state index contributed by atoms with van der Waals surface area (Å²) in [5.41, 5.74) is 3.13. The number of aryl methyl sites for hydroxylation is 1. The molecule has 0 radical (unpaired) electrons. The zero-order chi connectivity index (χ0) is 16.8. The number of benzene rings is 2. The van der Waals surface area contributed by atoms with Gasteiger partial charge in [-0.3, -0.25) is 0 Å². The summed E-state index contributed by atoms with van der Waals surface area (Å²) in [5.74, 6) is 0. The molecule has 2 aromatic carbocycles. The van der Waals surface area contributed by atoms with Crippen molar-refractivity contribution in [3.8, 4) is 0 Å². The molecular formula is C20H25N3O. The normalized spacial score (nSPS) is 15.9. The van der Waals surface area contributed by atoms with Crippen LogP contribution in [0.1, 0.15) is 30.0 Å². The average Bonchev–Trinajstić information content (AvgIpc) is 3.10. The summed E-state index contributed by atoms with van der Waals surface area (Å²) in [5, 5.41) is 6.06. The van der Waals surface area contributed by atoms with Gasteiger partial charge >= 0.3 is 6.03 Å². The molecule has 24 heavy (non-hydrogen) atoms. The van der Waals surface area contributed by atoms with Gasteiger partial charge in [0, 0.05) is 12.2 Å².